The van der Waals surface area contributed by atoms with Crippen LogP contribution >= 0.6 is 0 Å². The summed E-state index contributed by atoms with van der Waals surface area (Å²) < 4.78 is 26.3. The van der Waals surface area contributed by atoms with Gasteiger partial charge in [0.25, 0.3) is 0 Å². The fraction of sp³-hybridized carbons (Fsp3) is 0.200. The van der Waals surface area contributed by atoms with Crippen LogP contribution in [0.3, 0.4) is 0 Å². The fourth-order valence-electron chi connectivity index (χ4n) is 1.95. The van der Waals surface area contributed by atoms with Crippen molar-refractivity contribution in [1.82, 2.24) is 5.32 Å². The van der Waals surface area contributed by atoms with E-state index in [4.69, 9.17) is 0 Å². The summed E-state index contributed by atoms with van der Waals surface area (Å²) in [7, 11) is 0. The largest absolute Gasteiger partial charge is 0.306 e. The lowest BCUT2D eigenvalue weighted by molar-refractivity contribution is -0.387. The van der Waals surface area contributed by atoms with Crippen LogP contribution in [-0.2, 0) is 6.54 Å². The molecule has 0 radical (unpaired) electrons. The summed E-state index contributed by atoms with van der Waals surface area (Å²) in [4.78, 5) is 9.77. The molecule has 2 aromatic carbocycles. The molecule has 0 heterocycles. The molecule has 2 rings (SSSR count). The van der Waals surface area contributed by atoms with Crippen molar-refractivity contribution in [1.29, 1.82) is 0 Å². The van der Waals surface area contributed by atoms with Crippen LogP contribution < -0.4 is 5.32 Å². The van der Waals surface area contributed by atoms with Gasteiger partial charge in [-0.25, -0.2) is 4.39 Å². The van der Waals surface area contributed by atoms with E-state index in [1.807, 2.05) is 6.92 Å². The van der Waals surface area contributed by atoms with Gasteiger partial charge in [-0.15, -0.1) is 0 Å². The van der Waals surface area contributed by atoms with Gasteiger partial charge in [-0.05, 0) is 36.2 Å². The van der Waals surface area contributed by atoms with Gasteiger partial charge in [0.2, 0.25) is 5.82 Å². The van der Waals surface area contributed by atoms with Crippen LogP contribution in [-0.4, -0.2) is 4.92 Å². The molecule has 4 nitrogen and oxygen atoms in total. The molecule has 0 amide bonds. The number of hydrogen-bond donors (Lipinski definition) is 1. The van der Waals surface area contributed by atoms with Crippen LogP contribution in [0.2, 0.25) is 0 Å². The monoisotopic (exact) mass is 292 g/mol. The van der Waals surface area contributed by atoms with Gasteiger partial charge in [-0.2, -0.15) is 4.39 Å². The molecule has 0 bridgehead atoms. The topological polar surface area (TPSA) is 55.2 Å². The van der Waals surface area contributed by atoms with Crippen LogP contribution in [0, 0.1) is 21.7 Å². The third kappa shape index (κ3) is 3.82. The Kier molecular flexibility index (Phi) is 4.59. The first-order valence-electron chi connectivity index (χ1n) is 6.39. The van der Waals surface area contributed by atoms with Gasteiger partial charge in [-0.3, -0.25) is 10.1 Å². The second-order valence-electron chi connectivity index (χ2n) is 4.70. The van der Waals surface area contributed by atoms with Crippen LogP contribution in [0.15, 0.2) is 42.5 Å². The summed E-state index contributed by atoms with van der Waals surface area (Å²) in [5.41, 5.74) is 0.969. The van der Waals surface area contributed by atoms with E-state index < -0.39 is 16.4 Å². The van der Waals surface area contributed by atoms with E-state index in [1.165, 1.54) is 18.2 Å². The first-order chi connectivity index (χ1) is 9.97. The lowest BCUT2D eigenvalue weighted by Gasteiger charge is -2.14. The molecule has 0 aliphatic heterocycles. The molecule has 110 valence electrons. The summed E-state index contributed by atoms with van der Waals surface area (Å²) in [6.45, 7) is 2.25. The van der Waals surface area contributed by atoms with E-state index in [0.29, 0.717) is 12.1 Å². The van der Waals surface area contributed by atoms with Gasteiger partial charge in [0.15, 0.2) is 0 Å². The highest BCUT2D eigenvalue weighted by molar-refractivity contribution is 5.35. The maximum atomic E-state index is 13.5. The minimum atomic E-state index is -0.853. The zero-order chi connectivity index (χ0) is 15.4. The van der Waals surface area contributed by atoms with Gasteiger partial charge in [-0.1, -0.05) is 18.2 Å². The molecule has 6 heteroatoms. The Morgan fingerprint density at radius 3 is 2.43 bits per heavy atom. The quantitative estimate of drug-likeness (QED) is 0.675. The molecule has 0 aromatic heterocycles. The first-order valence-corrected chi connectivity index (χ1v) is 6.39. The molecule has 1 atom stereocenters. The van der Waals surface area contributed by atoms with Crippen molar-refractivity contribution >= 4 is 5.69 Å². The summed E-state index contributed by atoms with van der Waals surface area (Å²) in [5, 5.41) is 13.7. The highest BCUT2D eigenvalue weighted by Gasteiger charge is 2.14. The van der Waals surface area contributed by atoms with E-state index >= 15 is 0 Å². The van der Waals surface area contributed by atoms with Crippen molar-refractivity contribution in [3.63, 3.8) is 0 Å². The highest BCUT2D eigenvalue weighted by atomic mass is 19.1. The van der Waals surface area contributed by atoms with Crippen LogP contribution in [0.5, 0.6) is 0 Å². The van der Waals surface area contributed by atoms with E-state index in [9.17, 15) is 18.9 Å². The molecule has 1 N–H and O–H groups in total. The van der Waals surface area contributed by atoms with Gasteiger partial charge < -0.3 is 5.32 Å². The zero-order valence-electron chi connectivity index (χ0n) is 11.3. The number of benzene rings is 2. The predicted octanol–water partition coefficient (Wildman–Crippen LogP) is 3.72. The number of nitro benzene ring substituents is 1. The van der Waals surface area contributed by atoms with Crippen molar-refractivity contribution < 1.29 is 13.7 Å². The maximum absolute atomic E-state index is 13.5. The summed E-state index contributed by atoms with van der Waals surface area (Å²) >= 11 is 0. The van der Waals surface area contributed by atoms with Crippen molar-refractivity contribution in [2.75, 3.05) is 0 Å². The Hall–Kier alpha value is -2.34. The Morgan fingerprint density at radius 2 is 1.86 bits per heavy atom. The van der Waals surface area contributed by atoms with Crippen LogP contribution in [0.25, 0.3) is 0 Å². The Balaban J connectivity index is 2.01. The Labute approximate surface area is 120 Å². The highest BCUT2D eigenvalue weighted by Crippen LogP contribution is 2.19. The number of nitrogens with one attached hydrogen (secondary N) is 1. The third-order valence-electron chi connectivity index (χ3n) is 3.19. The van der Waals surface area contributed by atoms with Gasteiger partial charge in [0, 0.05) is 18.7 Å². The Bertz CT molecular complexity index is 645. The van der Waals surface area contributed by atoms with E-state index in [2.05, 4.69) is 5.32 Å². The second kappa shape index (κ2) is 6.41. The Morgan fingerprint density at radius 1 is 1.19 bits per heavy atom. The number of nitro groups is 1. The average molecular weight is 292 g/mol. The molecular weight excluding hydrogens is 278 g/mol. The molecular formula is C15H14F2N2O2. The van der Waals surface area contributed by atoms with Crippen molar-refractivity contribution in [2.24, 2.45) is 0 Å². The third-order valence-corrected chi connectivity index (χ3v) is 3.19. The number of nitrogens with zero attached hydrogens (tertiary/aromatic N) is 1. The molecule has 0 aliphatic rings. The molecule has 0 fully saturated rings. The van der Waals surface area contributed by atoms with Crippen LogP contribution in [0.4, 0.5) is 14.5 Å². The van der Waals surface area contributed by atoms with Crippen LogP contribution in [0.1, 0.15) is 24.1 Å². The summed E-state index contributed by atoms with van der Waals surface area (Å²) in [5.74, 6) is -1.16. The van der Waals surface area contributed by atoms with Gasteiger partial charge in [0.05, 0.1) is 4.92 Å². The molecule has 0 spiro atoms. The normalized spacial score (nSPS) is 12.1. The maximum Gasteiger partial charge on any atom is 0.304 e. The molecule has 0 saturated heterocycles. The predicted molar refractivity (Wildman–Crippen MR) is 74.7 cm³/mol. The van der Waals surface area contributed by atoms with E-state index in [1.54, 1.807) is 12.1 Å². The number of rotatable bonds is 5. The van der Waals surface area contributed by atoms with Crippen molar-refractivity contribution in [3.05, 3.63) is 75.3 Å². The molecule has 21 heavy (non-hydrogen) atoms. The van der Waals surface area contributed by atoms with Crippen molar-refractivity contribution in [3.8, 4) is 0 Å². The first kappa shape index (κ1) is 15.1. The lowest BCUT2D eigenvalue weighted by Crippen LogP contribution is -2.18. The van der Waals surface area contributed by atoms with Gasteiger partial charge >= 0.3 is 5.69 Å². The molecule has 0 saturated carbocycles. The smallest absolute Gasteiger partial charge is 0.304 e. The molecule has 2 aromatic rings. The average Bonchev–Trinajstić information content (AvgIpc) is 2.45. The van der Waals surface area contributed by atoms with Crippen molar-refractivity contribution in [2.45, 2.75) is 19.5 Å². The lowest BCUT2D eigenvalue weighted by atomic mass is 10.1. The number of hydrogen-bond acceptors (Lipinski definition) is 3. The molecule has 0 aliphatic carbocycles. The van der Waals surface area contributed by atoms with E-state index in [0.717, 1.165) is 17.7 Å². The van der Waals surface area contributed by atoms with Gasteiger partial charge in [0.1, 0.15) is 5.82 Å². The second-order valence-corrected chi connectivity index (χ2v) is 4.70. The number of halogens is 2. The minimum Gasteiger partial charge on any atom is -0.306 e. The minimum absolute atomic E-state index is 0.0520. The summed E-state index contributed by atoms with van der Waals surface area (Å²) in [6, 6.07) is 9.83. The summed E-state index contributed by atoms with van der Waals surface area (Å²) in [6.07, 6.45) is 0. The van der Waals surface area contributed by atoms with E-state index in [-0.39, 0.29) is 11.9 Å². The zero-order valence-corrected chi connectivity index (χ0v) is 11.3. The molecule has 0 unspecified atom stereocenters. The SMILES string of the molecule is C[C@H](NCc1ccc([N+](=O)[O-])c(F)c1)c1ccc(F)cc1. The fourth-order valence-corrected chi connectivity index (χ4v) is 1.95. The standard InChI is InChI=1S/C15H14F2N2O2/c1-10(12-3-5-13(16)6-4-12)18-9-11-2-7-15(19(20)21)14(17)8-11/h2-8,10,18H,9H2,1H3/t10-/m0/s1.